The fourth-order valence-electron chi connectivity index (χ4n) is 1.05. The fraction of sp³-hybridized carbons (Fsp3) is 0.692. The Morgan fingerprint density at radius 2 is 1.78 bits per heavy atom. The zero-order valence-electron chi connectivity index (χ0n) is 11.8. The summed E-state index contributed by atoms with van der Waals surface area (Å²) >= 11 is 0. The number of esters is 1. The van der Waals surface area contributed by atoms with Gasteiger partial charge in [-0.3, -0.25) is 0 Å². The van der Waals surface area contributed by atoms with Crippen molar-refractivity contribution in [1.82, 2.24) is 5.32 Å². The molecule has 0 aliphatic heterocycles. The monoisotopic (exact) mass is 257 g/mol. The molecule has 0 saturated carbocycles. The standard InChI is InChI=1S/C13H23NO4/c1-8(2)11(7-17-12(15)9(3)4)18-13(16)14-10(5)6/h8,10-11H,3,7H2,1-2,4-6H3,(H,14,16). The molecular weight excluding hydrogens is 234 g/mol. The first-order chi connectivity index (χ1) is 8.23. The Morgan fingerprint density at radius 1 is 1.22 bits per heavy atom. The minimum atomic E-state index is -0.505. The Balaban J connectivity index is 4.27. The summed E-state index contributed by atoms with van der Waals surface area (Å²) in [6, 6.07) is 0.00304. The van der Waals surface area contributed by atoms with Crippen LogP contribution in [0.3, 0.4) is 0 Å². The van der Waals surface area contributed by atoms with Gasteiger partial charge in [-0.2, -0.15) is 0 Å². The third-order valence-electron chi connectivity index (χ3n) is 2.14. The summed E-state index contributed by atoms with van der Waals surface area (Å²) in [4.78, 5) is 22.7. The number of hydrogen-bond acceptors (Lipinski definition) is 4. The van der Waals surface area contributed by atoms with Crippen LogP contribution in [0.1, 0.15) is 34.6 Å². The highest BCUT2D eigenvalue weighted by atomic mass is 16.6. The van der Waals surface area contributed by atoms with E-state index in [1.165, 1.54) is 0 Å². The van der Waals surface area contributed by atoms with Crippen molar-refractivity contribution >= 4 is 12.1 Å². The Labute approximate surface area is 109 Å². The van der Waals surface area contributed by atoms with Crippen molar-refractivity contribution in [2.75, 3.05) is 6.61 Å². The van der Waals surface area contributed by atoms with Gasteiger partial charge in [-0.1, -0.05) is 20.4 Å². The first kappa shape index (κ1) is 16.5. The topological polar surface area (TPSA) is 64.6 Å². The van der Waals surface area contributed by atoms with Gasteiger partial charge >= 0.3 is 12.1 Å². The van der Waals surface area contributed by atoms with E-state index in [0.717, 1.165) is 0 Å². The number of rotatable bonds is 6. The second kappa shape index (κ2) is 7.74. The molecule has 0 fully saturated rings. The van der Waals surface area contributed by atoms with E-state index in [2.05, 4.69) is 11.9 Å². The lowest BCUT2D eigenvalue weighted by Gasteiger charge is -2.22. The minimum Gasteiger partial charge on any atom is -0.458 e. The van der Waals surface area contributed by atoms with Crippen LogP contribution < -0.4 is 5.32 Å². The van der Waals surface area contributed by atoms with Gasteiger partial charge in [0.2, 0.25) is 0 Å². The summed E-state index contributed by atoms with van der Waals surface area (Å²) in [5.41, 5.74) is 0.323. The molecule has 1 unspecified atom stereocenters. The molecule has 0 aliphatic carbocycles. The van der Waals surface area contributed by atoms with Crippen molar-refractivity contribution in [2.24, 2.45) is 5.92 Å². The average molecular weight is 257 g/mol. The van der Waals surface area contributed by atoms with E-state index in [9.17, 15) is 9.59 Å². The Morgan fingerprint density at radius 3 is 2.17 bits per heavy atom. The molecule has 5 nitrogen and oxygen atoms in total. The lowest BCUT2D eigenvalue weighted by molar-refractivity contribution is -0.142. The van der Waals surface area contributed by atoms with Crippen LogP contribution in [0.4, 0.5) is 4.79 Å². The SMILES string of the molecule is C=C(C)C(=O)OCC(OC(=O)NC(C)C)C(C)C. The molecule has 18 heavy (non-hydrogen) atoms. The van der Waals surface area contributed by atoms with Gasteiger partial charge in [-0.15, -0.1) is 0 Å². The molecule has 1 N–H and O–H groups in total. The number of nitrogens with one attached hydrogen (secondary N) is 1. The van der Waals surface area contributed by atoms with Gasteiger partial charge in [0.05, 0.1) is 0 Å². The summed E-state index contributed by atoms with van der Waals surface area (Å²) in [6.07, 6.45) is -0.970. The summed E-state index contributed by atoms with van der Waals surface area (Å²) in [6.45, 7) is 12.6. The van der Waals surface area contributed by atoms with E-state index in [-0.39, 0.29) is 18.6 Å². The lowest BCUT2D eigenvalue weighted by Crippen LogP contribution is -2.37. The molecular formula is C13H23NO4. The average Bonchev–Trinajstić information content (AvgIpc) is 2.21. The van der Waals surface area contributed by atoms with Crippen molar-refractivity contribution in [3.8, 4) is 0 Å². The number of carbonyl (C=O) groups is 2. The smallest absolute Gasteiger partial charge is 0.407 e. The van der Waals surface area contributed by atoms with E-state index < -0.39 is 18.2 Å². The molecule has 0 aromatic carbocycles. The second-order valence-electron chi connectivity index (χ2n) is 4.87. The molecule has 1 amide bonds. The summed E-state index contributed by atoms with van der Waals surface area (Å²) < 4.78 is 10.2. The molecule has 0 heterocycles. The van der Waals surface area contributed by atoms with Crippen molar-refractivity contribution < 1.29 is 19.1 Å². The Kier molecular flexibility index (Phi) is 7.08. The van der Waals surface area contributed by atoms with Crippen molar-refractivity contribution in [3.05, 3.63) is 12.2 Å². The van der Waals surface area contributed by atoms with Crippen LogP contribution in [0.5, 0.6) is 0 Å². The Hall–Kier alpha value is -1.52. The molecule has 0 bridgehead atoms. The maximum absolute atomic E-state index is 11.5. The highest BCUT2D eigenvalue weighted by Gasteiger charge is 2.20. The highest BCUT2D eigenvalue weighted by molar-refractivity contribution is 5.86. The normalized spacial score (nSPS) is 12.2. The largest absolute Gasteiger partial charge is 0.458 e. The zero-order chi connectivity index (χ0) is 14.3. The van der Waals surface area contributed by atoms with Crippen LogP contribution in [0.25, 0.3) is 0 Å². The van der Waals surface area contributed by atoms with Crippen LogP contribution >= 0.6 is 0 Å². The van der Waals surface area contributed by atoms with E-state index >= 15 is 0 Å². The van der Waals surface area contributed by atoms with Crippen LogP contribution in [-0.4, -0.2) is 30.8 Å². The van der Waals surface area contributed by atoms with Gasteiger partial charge in [0.1, 0.15) is 12.7 Å². The quantitative estimate of drug-likeness (QED) is 0.585. The van der Waals surface area contributed by atoms with Gasteiger partial charge in [0, 0.05) is 11.6 Å². The summed E-state index contributed by atoms with van der Waals surface area (Å²) in [5, 5.41) is 2.62. The van der Waals surface area contributed by atoms with E-state index in [1.54, 1.807) is 6.92 Å². The highest BCUT2D eigenvalue weighted by Crippen LogP contribution is 2.09. The minimum absolute atomic E-state index is 0.00304. The number of hydrogen-bond donors (Lipinski definition) is 1. The number of ether oxygens (including phenoxy) is 2. The van der Waals surface area contributed by atoms with Gasteiger partial charge in [-0.05, 0) is 26.7 Å². The molecule has 0 spiro atoms. The zero-order valence-corrected chi connectivity index (χ0v) is 11.8. The maximum atomic E-state index is 11.5. The van der Waals surface area contributed by atoms with Gasteiger partial charge in [-0.25, -0.2) is 9.59 Å². The first-order valence-electron chi connectivity index (χ1n) is 6.03. The predicted molar refractivity (Wildman–Crippen MR) is 69.2 cm³/mol. The third-order valence-corrected chi connectivity index (χ3v) is 2.14. The number of alkyl carbamates (subject to hydrolysis) is 1. The predicted octanol–water partition coefficient (Wildman–Crippen LogP) is 2.26. The molecule has 104 valence electrons. The van der Waals surface area contributed by atoms with Crippen LogP contribution in [0, 0.1) is 5.92 Å². The van der Waals surface area contributed by atoms with E-state index in [4.69, 9.17) is 9.47 Å². The van der Waals surface area contributed by atoms with Crippen LogP contribution in [0.2, 0.25) is 0 Å². The fourth-order valence-corrected chi connectivity index (χ4v) is 1.05. The second-order valence-corrected chi connectivity index (χ2v) is 4.87. The summed E-state index contributed by atoms with van der Waals surface area (Å²) in [7, 11) is 0. The number of amides is 1. The molecule has 0 radical (unpaired) electrons. The van der Waals surface area contributed by atoms with Gasteiger partial charge in [0.15, 0.2) is 0 Å². The summed E-state index contributed by atoms with van der Waals surface area (Å²) in [5.74, 6) is -0.422. The van der Waals surface area contributed by atoms with E-state index in [0.29, 0.717) is 5.57 Å². The van der Waals surface area contributed by atoms with Crippen molar-refractivity contribution in [2.45, 2.75) is 46.8 Å². The first-order valence-corrected chi connectivity index (χ1v) is 6.03. The maximum Gasteiger partial charge on any atom is 0.407 e. The van der Waals surface area contributed by atoms with Crippen LogP contribution in [0.15, 0.2) is 12.2 Å². The Bertz CT molecular complexity index is 310. The molecule has 0 aromatic heterocycles. The van der Waals surface area contributed by atoms with Crippen molar-refractivity contribution in [3.63, 3.8) is 0 Å². The molecule has 1 atom stereocenters. The molecule has 0 aromatic rings. The third kappa shape index (κ3) is 6.93. The number of carbonyl (C=O) groups excluding carboxylic acids is 2. The van der Waals surface area contributed by atoms with E-state index in [1.807, 2.05) is 27.7 Å². The lowest BCUT2D eigenvalue weighted by atomic mass is 10.1. The molecule has 0 aliphatic rings. The van der Waals surface area contributed by atoms with Crippen LogP contribution in [-0.2, 0) is 14.3 Å². The van der Waals surface area contributed by atoms with Crippen molar-refractivity contribution in [1.29, 1.82) is 0 Å². The van der Waals surface area contributed by atoms with Gasteiger partial charge < -0.3 is 14.8 Å². The molecule has 0 rings (SSSR count). The van der Waals surface area contributed by atoms with Gasteiger partial charge in [0.25, 0.3) is 0 Å². The molecule has 5 heteroatoms. The molecule has 0 saturated heterocycles.